The Kier molecular flexibility index (Phi) is 8.26. The molecular formula is C25H36N4O. The summed E-state index contributed by atoms with van der Waals surface area (Å²) < 4.78 is 0. The SMILES string of the molecule is CCN(Cc1ccc(C(=O)NCc2ccc(N3CCCCCC3)nc2)cc1)C(C)C. The van der Waals surface area contributed by atoms with Crippen LogP contribution in [-0.4, -0.2) is 41.5 Å². The van der Waals surface area contributed by atoms with Gasteiger partial charge in [0.2, 0.25) is 0 Å². The van der Waals surface area contributed by atoms with Crippen LogP contribution in [0.15, 0.2) is 42.6 Å². The molecule has 0 spiro atoms. The van der Waals surface area contributed by atoms with Gasteiger partial charge in [0.25, 0.3) is 5.91 Å². The van der Waals surface area contributed by atoms with Gasteiger partial charge < -0.3 is 10.2 Å². The van der Waals surface area contributed by atoms with Crippen LogP contribution < -0.4 is 10.2 Å². The van der Waals surface area contributed by atoms with Crippen LogP contribution in [0.4, 0.5) is 5.82 Å². The van der Waals surface area contributed by atoms with Gasteiger partial charge >= 0.3 is 0 Å². The van der Waals surface area contributed by atoms with Crippen molar-refractivity contribution in [3.8, 4) is 0 Å². The van der Waals surface area contributed by atoms with E-state index in [2.05, 4.69) is 65.1 Å². The zero-order valence-corrected chi connectivity index (χ0v) is 18.7. The summed E-state index contributed by atoms with van der Waals surface area (Å²) in [4.78, 5) is 21.9. The van der Waals surface area contributed by atoms with Crippen LogP contribution >= 0.6 is 0 Å². The third-order valence-corrected chi connectivity index (χ3v) is 5.93. The number of aromatic nitrogens is 1. The van der Waals surface area contributed by atoms with Crippen LogP contribution in [0.2, 0.25) is 0 Å². The van der Waals surface area contributed by atoms with Crippen LogP contribution in [0.5, 0.6) is 0 Å². The summed E-state index contributed by atoms with van der Waals surface area (Å²) in [6, 6.07) is 12.6. The van der Waals surface area contributed by atoms with E-state index in [4.69, 9.17) is 0 Å². The van der Waals surface area contributed by atoms with E-state index in [1.807, 2.05) is 18.3 Å². The van der Waals surface area contributed by atoms with E-state index < -0.39 is 0 Å². The second-order valence-corrected chi connectivity index (χ2v) is 8.46. The van der Waals surface area contributed by atoms with Gasteiger partial charge in [0.1, 0.15) is 5.82 Å². The van der Waals surface area contributed by atoms with Gasteiger partial charge in [-0.2, -0.15) is 0 Å². The molecule has 1 fully saturated rings. The van der Waals surface area contributed by atoms with Crippen LogP contribution in [0.1, 0.15) is 67.9 Å². The highest BCUT2D eigenvalue weighted by molar-refractivity contribution is 5.94. The van der Waals surface area contributed by atoms with E-state index >= 15 is 0 Å². The van der Waals surface area contributed by atoms with Crippen molar-refractivity contribution in [2.45, 2.75) is 65.6 Å². The summed E-state index contributed by atoms with van der Waals surface area (Å²) in [5, 5.41) is 3.01. The van der Waals surface area contributed by atoms with Crippen LogP contribution in [-0.2, 0) is 13.1 Å². The molecule has 30 heavy (non-hydrogen) atoms. The average Bonchev–Trinajstić information content (AvgIpc) is 3.06. The minimum Gasteiger partial charge on any atom is -0.357 e. The number of nitrogens with zero attached hydrogens (tertiary/aromatic N) is 3. The topological polar surface area (TPSA) is 48.5 Å². The van der Waals surface area contributed by atoms with E-state index in [0.29, 0.717) is 18.2 Å². The van der Waals surface area contributed by atoms with Crippen molar-refractivity contribution in [3.63, 3.8) is 0 Å². The normalized spacial score (nSPS) is 14.8. The van der Waals surface area contributed by atoms with E-state index in [9.17, 15) is 4.79 Å². The molecule has 0 aliphatic carbocycles. The van der Waals surface area contributed by atoms with Gasteiger partial charge in [-0.05, 0) is 62.6 Å². The molecule has 0 radical (unpaired) electrons. The Morgan fingerprint density at radius 2 is 1.70 bits per heavy atom. The summed E-state index contributed by atoms with van der Waals surface area (Å²) in [5.74, 6) is 0.999. The van der Waals surface area contributed by atoms with Crippen LogP contribution in [0.3, 0.4) is 0 Å². The fraction of sp³-hybridized carbons (Fsp3) is 0.520. The highest BCUT2D eigenvalue weighted by Crippen LogP contribution is 2.17. The molecule has 1 amide bonds. The Labute approximate surface area is 181 Å². The molecule has 1 N–H and O–H groups in total. The maximum atomic E-state index is 12.5. The minimum atomic E-state index is -0.0469. The van der Waals surface area contributed by atoms with Crippen molar-refractivity contribution >= 4 is 11.7 Å². The molecular weight excluding hydrogens is 372 g/mol. The Morgan fingerprint density at radius 1 is 1.03 bits per heavy atom. The zero-order chi connectivity index (χ0) is 21.3. The summed E-state index contributed by atoms with van der Waals surface area (Å²) in [6.07, 6.45) is 7.00. The zero-order valence-electron chi connectivity index (χ0n) is 18.7. The number of amides is 1. The van der Waals surface area contributed by atoms with Crippen LogP contribution in [0, 0.1) is 0 Å². The molecule has 5 nitrogen and oxygen atoms in total. The standard InChI is InChI=1S/C25H36N4O/c1-4-28(20(2)3)19-21-9-12-23(13-10-21)25(30)27-18-22-11-14-24(26-17-22)29-15-7-5-6-8-16-29/h9-14,17,20H,4-8,15-16,18-19H2,1-3H3,(H,27,30). The van der Waals surface area contributed by atoms with Crippen LogP contribution in [0.25, 0.3) is 0 Å². The maximum absolute atomic E-state index is 12.5. The van der Waals surface area contributed by atoms with Crippen molar-refractivity contribution < 1.29 is 4.79 Å². The van der Waals surface area contributed by atoms with Gasteiger partial charge in [0.05, 0.1) is 0 Å². The number of benzene rings is 1. The molecule has 1 aromatic heterocycles. The number of anilines is 1. The first-order valence-corrected chi connectivity index (χ1v) is 11.4. The van der Waals surface area contributed by atoms with Gasteiger partial charge in [-0.15, -0.1) is 0 Å². The van der Waals surface area contributed by atoms with Crippen molar-refractivity contribution in [3.05, 3.63) is 59.3 Å². The van der Waals surface area contributed by atoms with Gasteiger partial charge in [-0.25, -0.2) is 4.98 Å². The predicted octanol–water partition coefficient (Wildman–Crippen LogP) is 4.62. The molecule has 1 saturated heterocycles. The number of pyridine rings is 1. The Morgan fingerprint density at radius 3 is 2.27 bits per heavy atom. The highest BCUT2D eigenvalue weighted by Gasteiger charge is 2.12. The molecule has 3 rings (SSSR count). The minimum absolute atomic E-state index is 0.0469. The smallest absolute Gasteiger partial charge is 0.251 e. The summed E-state index contributed by atoms with van der Waals surface area (Å²) in [6.45, 7) is 11.2. The first-order valence-electron chi connectivity index (χ1n) is 11.4. The fourth-order valence-electron chi connectivity index (χ4n) is 3.95. The lowest BCUT2D eigenvalue weighted by atomic mass is 10.1. The lowest BCUT2D eigenvalue weighted by Gasteiger charge is -2.24. The molecule has 2 aromatic rings. The van der Waals surface area contributed by atoms with Crippen molar-refractivity contribution in [2.24, 2.45) is 0 Å². The molecule has 0 atom stereocenters. The Bertz CT molecular complexity index is 778. The van der Waals surface area contributed by atoms with E-state index in [1.165, 1.54) is 31.2 Å². The largest absolute Gasteiger partial charge is 0.357 e. The Balaban J connectivity index is 1.51. The number of carbonyl (C=O) groups excluding carboxylic acids is 1. The van der Waals surface area contributed by atoms with E-state index in [-0.39, 0.29) is 5.91 Å². The summed E-state index contributed by atoms with van der Waals surface area (Å²) in [5.41, 5.74) is 2.95. The quantitative estimate of drug-likeness (QED) is 0.692. The molecule has 1 aromatic carbocycles. The molecule has 5 heteroatoms. The monoisotopic (exact) mass is 408 g/mol. The number of hydrogen-bond acceptors (Lipinski definition) is 4. The average molecular weight is 409 g/mol. The lowest BCUT2D eigenvalue weighted by molar-refractivity contribution is 0.0951. The van der Waals surface area contributed by atoms with Crippen molar-refractivity contribution in [2.75, 3.05) is 24.5 Å². The number of nitrogens with one attached hydrogen (secondary N) is 1. The highest BCUT2D eigenvalue weighted by atomic mass is 16.1. The second kappa shape index (κ2) is 11.1. The first kappa shape index (κ1) is 22.3. The van der Waals surface area contributed by atoms with E-state index in [0.717, 1.165) is 37.6 Å². The second-order valence-electron chi connectivity index (χ2n) is 8.46. The molecule has 162 valence electrons. The molecule has 0 saturated carbocycles. The van der Waals surface area contributed by atoms with Gasteiger partial charge in [-0.1, -0.05) is 38.0 Å². The maximum Gasteiger partial charge on any atom is 0.251 e. The van der Waals surface area contributed by atoms with Crippen molar-refractivity contribution in [1.29, 1.82) is 0 Å². The van der Waals surface area contributed by atoms with Crippen molar-refractivity contribution in [1.82, 2.24) is 15.2 Å². The molecule has 1 aliphatic heterocycles. The molecule has 2 heterocycles. The number of carbonyl (C=O) groups is 1. The molecule has 0 bridgehead atoms. The fourth-order valence-corrected chi connectivity index (χ4v) is 3.95. The van der Waals surface area contributed by atoms with E-state index in [1.54, 1.807) is 0 Å². The van der Waals surface area contributed by atoms with Gasteiger partial charge in [0.15, 0.2) is 0 Å². The third-order valence-electron chi connectivity index (χ3n) is 5.93. The number of hydrogen-bond donors (Lipinski definition) is 1. The summed E-state index contributed by atoms with van der Waals surface area (Å²) in [7, 11) is 0. The van der Waals surface area contributed by atoms with Gasteiger partial charge in [0, 0.05) is 44.0 Å². The molecule has 1 aliphatic rings. The van der Waals surface area contributed by atoms with Gasteiger partial charge in [-0.3, -0.25) is 9.69 Å². The third kappa shape index (κ3) is 6.30. The first-order chi connectivity index (χ1) is 14.6. The predicted molar refractivity (Wildman–Crippen MR) is 124 cm³/mol. The Hall–Kier alpha value is -2.40. The molecule has 0 unspecified atom stereocenters. The summed E-state index contributed by atoms with van der Waals surface area (Å²) >= 11 is 0. The lowest BCUT2D eigenvalue weighted by Crippen LogP contribution is -2.30. The number of rotatable bonds is 8.